The van der Waals surface area contributed by atoms with Gasteiger partial charge in [0.1, 0.15) is 23.1 Å². The molecular formula is C19H16N6O3S. The lowest BCUT2D eigenvalue weighted by Crippen LogP contribution is -2.52. The summed E-state index contributed by atoms with van der Waals surface area (Å²) >= 11 is 1.52. The minimum Gasteiger partial charge on any atom is -0.406 e. The Balaban J connectivity index is 1.42. The topological polar surface area (TPSA) is 130 Å². The van der Waals surface area contributed by atoms with Gasteiger partial charge < -0.3 is 25.4 Å². The number of aromatic nitrogens is 3. The zero-order valence-electron chi connectivity index (χ0n) is 15.1. The van der Waals surface area contributed by atoms with Crippen LogP contribution in [0.4, 0.5) is 11.7 Å². The van der Waals surface area contributed by atoms with E-state index in [1.54, 1.807) is 6.07 Å². The van der Waals surface area contributed by atoms with Crippen LogP contribution in [-0.4, -0.2) is 33.0 Å². The number of nitrogens with one attached hydrogen (secondary N) is 2. The molecule has 1 aliphatic rings. The van der Waals surface area contributed by atoms with Crippen molar-refractivity contribution in [1.29, 1.82) is 0 Å². The highest BCUT2D eigenvalue weighted by atomic mass is 32.1. The molecule has 29 heavy (non-hydrogen) atoms. The van der Waals surface area contributed by atoms with Crippen molar-refractivity contribution in [1.82, 2.24) is 20.5 Å². The molecule has 0 aliphatic carbocycles. The first-order chi connectivity index (χ1) is 14.1. The van der Waals surface area contributed by atoms with Crippen LogP contribution in [0.2, 0.25) is 0 Å². The molecule has 0 bridgehead atoms. The fourth-order valence-corrected chi connectivity index (χ4v) is 4.29. The molecule has 5 rings (SSSR count). The van der Waals surface area contributed by atoms with Gasteiger partial charge in [-0.25, -0.2) is 0 Å². The fourth-order valence-electron chi connectivity index (χ4n) is 3.51. The van der Waals surface area contributed by atoms with E-state index in [-0.39, 0.29) is 30.3 Å². The molecule has 3 aromatic heterocycles. The summed E-state index contributed by atoms with van der Waals surface area (Å²) in [5, 5.41) is 13.2. The number of para-hydroxylation sites is 1. The second kappa shape index (κ2) is 6.74. The lowest BCUT2D eigenvalue weighted by molar-refractivity contribution is -0.121. The Bertz CT molecular complexity index is 1200. The molecule has 10 heteroatoms. The highest BCUT2D eigenvalue weighted by Gasteiger charge is 2.35. The standard InChI is InChI=1S/C19H16N6O3S/c20-19-24-23-15(28-19)9-25-14-4-2-1-3-10(14)7-13(18(25)27)21-16(26)12-8-11-5-6-29-17(11)22-12/h1-6,8,13,22H,7,9H2,(H2,20,24)(H,21,26). The first-order valence-electron chi connectivity index (χ1n) is 8.93. The van der Waals surface area contributed by atoms with Gasteiger partial charge >= 0.3 is 6.01 Å². The minimum absolute atomic E-state index is 0.0608. The Morgan fingerprint density at radius 1 is 1.34 bits per heavy atom. The van der Waals surface area contributed by atoms with E-state index < -0.39 is 6.04 Å². The van der Waals surface area contributed by atoms with Crippen molar-refractivity contribution in [3.8, 4) is 0 Å². The van der Waals surface area contributed by atoms with Crippen molar-refractivity contribution in [3.63, 3.8) is 0 Å². The van der Waals surface area contributed by atoms with E-state index in [9.17, 15) is 9.59 Å². The Kier molecular flexibility index (Phi) is 4.06. The molecule has 1 atom stereocenters. The number of nitrogens with zero attached hydrogens (tertiary/aromatic N) is 3. The van der Waals surface area contributed by atoms with Crippen molar-refractivity contribution >= 4 is 45.1 Å². The van der Waals surface area contributed by atoms with Crippen molar-refractivity contribution in [2.24, 2.45) is 0 Å². The molecular weight excluding hydrogens is 392 g/mol. The van der Waals surface area contributed by atoms with Gasteiger partial charge in [0.05, 0.1) is 0 Å². The van der Waals surface area contributed by atoms with Gasteiger partial charge in [-0.3, -0.25) is 9.59 Å². The van der Waals surface area contributed by atoms with Crippen LogP contribution in [0.15, 0.2) is 46.2 Å². The number of hydrogen-bond donors (Lipinski definition) is 3. The number of thiophene rings is 1. The van der Waals surface area contributed by atoms with Crippen molar-refractivity contribution in [2.75, 3.05) is 10.6 Å². The molecule has 0 spiro atoms. The lowest BCUT2D eigenvalue weighted by atomic mass is 9.97. The Morgan fingerprint density at radius 3 is 3.00 bits per heavy atom. The maximum absolute atomic E-state index is 13.2. The molecule has 1 aromatic carbocycles. The summed E-state index contributed by atoms with van der Waals surface area (Å²) in [6, 6.07) is 10.5. The van der Waals surface area contributed by atoms with Crippen molar-refractivity contribution in [2.45, 2.75) is 19.0 Å². The SMILES string of the molecule is Nc1nnc(CN2C(=O)C(NC(=O)c3cc4ccsc4[nH]3)Cc3ccccc32)o1. The summed E-state index contributed by atoms with van der Waals surface area (Å²) in [5.41, 5.74) is 7.61. The van der Waals surface area contributed by atoms with E-state index in [1.165, 1.54) is 16.2 Å². The summed E-state index contributed by atoms with van der Waals surface area (Å²) in [7, 11) is 0. The fraction of sp³-hybridized carbons (Fsp3) is 0.158. The monoisotopic (exact) mass is 408 g/mol. The van der Waals surface area contributed by atoms with E-state index in [4.69, 9.17) is 10.2 Å². The van der Waals surface area contributed by atoms with Gasteiger partial charge in [0.25, 0.3) is 5.91 Å². The largest absolute Gasteiger partial charge is 0.406 e. The quantitative estimate of drug-likeness (QED) is 0.474. The van der Waals surface area contributed by atoms with Crippen LogP contribution < -0.4 is 16.0 Å². The summed E-state index contributed by atoms with van der Waals surface area (Å²) in [5.74, 6) is -0.349. The van der Waals surface area contributed by atoms with Crippen LogP contribution in [0.25, 0.3) is 10.2 Å². The zero-order chi connectivity index (χ0) is 20.0. The minimum atomic E-state index is -0.709. The molecule has 4 N–H and O–H groups in total. The average Bonchev–Trinajstić information content (AvgIpc) is 3.41. The third kappa shape index (κ3) is 3.13. The first kappa shape index (κ1) is 17.4. The zero-order valence-corrected chi connectivity index (χ0v) is 15.9. The number of H-pyrrole nitrogens is 1. The number of amides is 2. The van der Waals surface area contributed by atoms with Gasteiger partial charge in [-0.05, 0) is 29.1 Å². The smallest absolute Gasteiger partial charge is 0.312 e. The van der Waals surface area contributed by atoms with Gasteiger partial charge in [-0.1, -0.05) is 23.3 Å². The number of aromatic amines is 1. The van der Waals surface area contributed by atoms with Crippen LogP contribution in [0.5, 0.6) is 0 Å². The Morgan fingerprint density at radius 2 is 2.21 bits per heavy atom. The van der Waals surface area contributed by atoms with E-state index in [1.807, 2.05) is 35.7 Å². The van der Waals surface area contributed by atoms with E-state index >= 15 is 0 Å². The number of anilines is 2. The summed E-state index contributed by atoms with van der Waals surface area (Å²) < 4.78 is 5.23. The van der Waals surface area contributed by atoms with Gasteiger partial charge in [0.2, 0.25) is 11.8 Å². The molecule has 2 amide bonds. The number of carbonyl (C=O) groups is 2. The second-order valence-corrected chi connectivity index (χ2v) is 7.62. The van der Waals surface area contributed by atoms with Crippen LogP contribution in [0.3, 0.4) is 0 Å². The van der Waals surface area contributed by atoms with Crippen LogP contribution in [0.1, 0.15) is 21.9 Å². The number of nitrogen functional groups attached to an aromatic ring is 1. The second-order valence-electron chi connectivity index (χ2n) is 6.71. The number of benzene rings is 1. The van der Waals surface area contributed by atoms with Gasteiger partial charge in [0, 0.05) is 17.5 Å². The molecule has 1 aliphatic heterocycles. The normalized spacial score (nSPS) is 16.2. The first-order valence-corrected chi connectivity index (χ1v) is 9.80. The average molecular weight is 408 g/mol. The van der Waals surface area contributed by atoms with Gasteiger partial charge in [-0.15, -0.1) is 16.4 Å². The number of rotatable bonds is 4. The molecule has 0 saturated heterocycles. The maximum atomic E-state index is 13.2. The molecule has 0 fully saturated rings. The van der Waals surface area contributed by atoms with Crippen molar-refractivity contribution < 1.29 is 14.0 Å². The summed E-state index contributed by atoms with van der Waals surface area (Å²) in [6.45, 7) is 0.0741. The lowest BCUT2D eigenvalue weighted by Gasteiger charge is -2.33. The molecule has 9 nitrogen and oxygen atoms in total. The third-order valence-electron chi connectivity index (χ3n) is 4.84. The van der Waals surface area contributed by atoms with E-state index in [0.717, 1.165) is 21.5 Å². The highest BCUT2D eigenvalue weighted by molar-refractivity contribution is 7.16. The number of nitrogens with two attached hydrogens (primary N) is 1. The van der Waals surface area contributed by atoms with E-state index in [2.05, 4.69) is 20.5 Å². The number of carbonyl (C=O) groups excluding carboxylic acids is 2. The van der Waals surface area contributed by atoms with Crippen molar-refractivity contribution in [3.05, 3.63) is 58.9 Å². The Labute approximate surface area is 168 Å². The molecule has 0 radical (unpaired) electrons. The van der Waals surface area contributed by atoms with Gasteiger partial charge in [-0.2, -0.15) is 0 Å². The van der Waals surface area contributed by atoms with Crippen LogP contribution in [-0.2, 0) is 17.8 Å². The molecule has 1 unspecified atom stereocenters. The molecule has 146 valence electrons. The number of fused-ring (bicyclic) bond motifs is 2. The summed E-state index contributed by atoms with van der Waals surface area (Å²) in [6.07, 6.45) is 0.401. The molecule has 4 heterocycles. The maximum Gasteiger partial charge on any atom is 0.312 e. The third-order valence-corrected chi connectivity index (χ3v) is 5.69. The number of hydrogen-bond acceptors (Lipinski definition) is 7. The van der Waals surface area contributed by atoms with Crippen LogP contribution >= 0.6 is 11.3 Å². The Hall–Kier alpha value is -3.66. The van der Waals surface area contributed by atoms with Gasteiger partial charge in [0.15, 0.2) is 0 Å². The molecule has 0 saturated carbocycles. The summed E-state index contributed by atoms with van der Waals surface area (Å²) in [4.78, 5) is 31.5. The predicted molar refractivity (Wildman–Crippen MR) is 107 cm³/mol. The van der Waals surface area contributed by atoms with Crippen LogP contribution in [0, 0.1) is 0 Å². The molecule has 4 aromatic rings. The highest BCUT2D eigenvalue weighted by Crippen LogP contribution is 2.29. The van der Waals surface area contributed by atoms with E-state index in [0.29, 0.717) is 12.1 Å². The predicted octanol–water partition coefficient (Wildman–Crippen LogP) is 2.08.